The number of aliphatic carboxylic acids is 1. The van der Waals surface area contributed by atoms with Gasteiger partial charge in [-0.3, -0.25) is 19.2 Å². The smallest absolute Gasteiger partial charge is 0.307 e. The number of carboxylic acid groups (broad SMARTS) is 1. The normalized spacial score (nSPS) is 19.5. The molecule has 0 aromatic carbocycles. The fourth-order valence-corrected chi connectivity index (χ4v) is 3.92. The maximum Gasteiger partial charge on any atom is 0.307 e. The summed E-state index contributed by atoms with van der Waals surface area (Å²) in [6.07, 6.45) is 3.64. The van der Waals surface area contributed by atoms with Gasteiger partial charge >= 0.3 is 5.97 Å². The molecule has 2 heterocycles. The van der Waals surface area contributed by atoms with Gasteiger partial charge in [-0.2, -0.15) is 0 Å². The lowest BCUT2D eigenvalue weighted by Gasteiger charge is -2.33. The molecule has 10 N–H and O–H groups in total. The monoisotopic (exact) mass is 450 g/mol. The predicted molar refractivity (Wildman–Crippen MR) is 113 cm³/mol. The van der Waals surface area contributed by atoms with Crippen molar-refractivity contribution in [3.63, 3.8) is 0 Å². The molecule has 0 spiro atoms. The fraction of sp³-hybridized carbons (Fsp3) is 0.789. The minimum absolute atomic E-state index is 0. The third-order valence-corrected chi connectivity index (χ3v) is 5.44. The Labute approximate surface area is 182 Å². The van der Waals surface area contributed by atoms with Crippen LogP contribution in [-0.2, 0) is 19.2 Å². The van der Waals surface area contributed by atoms with Gasteiger partial charge in [0.25, 0.3) is 0 Å². The molecule has 0 aromatic rings. The van der Waals surface area contributed by atoms with Crippen molar-refractivity contribution in [2.75, 3.05) is 26.2 Å². The number of amides is 3. The standard InChI is InChI=1S/C19H32N4O5.3H2O/c1-13(24)21-16(11-18(26)27)22-19(28)15-3-2-10-23(12-15)17(25)5-4-14-6-8-20-9-7-14;;;/h14-16,20H,2-12H2,1H3,(H,21,24)(H,22,28)(H,26,27);3*1H2/t15-,16+;;;/m1.../s1. The van der Waals surface area contributed by atoms with Gasteiger partial charge in [0, 0.05) is 26.4 Å². The molecule has 0 saturated carbocycles. The number of rotatable bonds is 8. The van der Waals surface area contributed by atoms with Crippen molar-refractivity contribution in [2.24, 2.45) is 11.8 Å². The summed E-state index contributed by atoms with van der Waals surface area (Å²) < 4.78 is 0. The third kappa shape index (κ3) is 11.1. The Hall–Kier alpha value is -2.28. The summed E-state index contributed by atoms with van der Waals surface area (Å²) in [6.45, 7) is 4.29. The van der Waals surface area contributed by atoms with Crippen LogP contribution in [0.2, 0.25) is 0 Å². The Morgan fingerprint density at radius 3 is 2.29 bits per heavy atom. The van der Waals surface area contributed by atoms with Crippen LogP contribution in [0, 0.1) is 11.8 Å². The van der Waals surface area contributed by atoms with Gasteiger partial charge in [-0.15, -0.1) is 0 Å². The molecule has 12 heteroatoms. The lowest BCUT2D eigenvalue weighted by Crippen LogP contribution is -2.53. The minimum atomic E-state index is -1.11. The summed E-state index contributed by atoms with van der Waals surface area (Å²) in [5, 5.41) is 17.3. The van der Waals surface area contributed by atoms with E-state index in [0.29, 0.717) is 31.8 Å². The molecule has 2 atom stereocenters. The molecule has 2 fully saturated rings. The summed E-state index contributed by atoms with van der Waals surface area (Å²) in [7, 11) is 0. The molecule has 182 valence electrons. The predicted octanol–water partition coefficient (Wildman–Crippen LogP) is -2.42. The van der Waals surface area contributed by atoms with Crippen molar-refractivity contribution in [2.45, 2.75) is 58.0 Å². The van der Waals surface area contributed by atoms with Gasteiger partial charge in [0.15, 0.2) is 0 Å². The number of nitrogens with zero attached hydrogens (tertiary/aromatic N) is 1. The number of carboxylic acids is 1. The zero-order chi connectivity index (χ0) is 20.5. The van der Waals surface area contributed by atoms with E-state index < -0.39 is 24.5 Å². The van der Waals surface area contributed by atoms with Crippen molar-refractivity contribution in [1.29, 1.82) is 0 Å². The van der Waals surface area contributed by atoms with E-state index in [4.69, 9.17) is 5.11 Å². The highest BCUT2D eigenvalue weighted by Crippen LogP contribution is 2.21. The van der Waals surface area contributed by atoms with E-state index in [1.807, 2.05) is 0 Å². The number of likely N-dealkylation sites (tertiary alicyclic amines) is 1. The molecule has 3 amide bonds. The molecule has 0 bridgehead atoms. The van der Waals surface area contributed by atoms with Crippen LogP contribution in [0.25, 0.3) is 0 Å². The number of carbonyl (C=O) groups is 4. The Bertz CT molecular complexity index is 567. The van der Waals surface area contributed by atoms with Crippen molar-refractivity contribution in [3.05, 3.63) is 0 Å². The summed E-state index contributed by atoms with van der Waals surface area (Å²) in [5.74, 6) is -1.57. The SMILES string of the molecule is CC(=O)N[C@H](CC(=O)O)NC(=O)[C@@H]1CCCN(C(=O)CCC2CCNCC2)C1.O.O.O. The van der Waals surface area contributed by atoms with Crippen LogP contribution in [0.1, 0.15) is 51.9 Å². The summed E-state index contributed by atoms with van der Waals surface area (Å²) in [4.78, 5) is 49.0. The van der Waals surface area contributed by atoms with Crippen molar-refractivity contribution < 1.29 is 40.7 Å². The van der Waals surface area contributed by atoms with Gasteiger partial charge < -0.3 is 42.4 Å². The van der Waals surface area contributed by atoms with Crippen LogP contribution in [0.15, 0.2) is 0 Å². The van der Waals surface area contributed by atoms with E-state index in [0.717, 1.165) is 38.8 Å². The molecule has 2 saturated heterocycles. The molecular weight excluding hydrogens is 412 g/mol. The summed E-state index contributed by atoms with van der Waals surface area (Å²) in [5.41, 5.74) is 0. The lowest BCUT2D eigenvalue weighted by atomic mass is 9.92. The highest BCUT2D eigenvalue weighted by atomic mass is 16.4. The van der Waals surface area contributed by atoms with Gasteiger partial charge in [-0.1, -0.05) is 0 Å². The highest BCUT2D eigenvalue weighted by molar-refractivity contribution is 5.83. The van der Waals surface area contributed by atoms with Crippen LogP contribution in [0.4, 0.5) is 0 Å². The topological polar surface area (TPSA) is 222 Å². The van der Waals surface area contributed by atoms with Crippen LogP contribution < -0.4 is 16.0 Å². The van der Waals surface area contributed by atoms with E-state index >= 15 is 0 Å². The van der Waals surface area contributed by atoms with Crippen molar-refractivity contribution in [1.82, 2.24) is 20.9 Å². The molecule has 2 aliphatic heterocycles. The van der Waals surface area contributed by atoms with Gasteiger partial charge in [-0.25, -0.2) is 0 Å². The average Bonchev–Trinajstić information content (AvgIpc) is 2.66. The maximum absolute atomic E-state index is 12.6. The molecule has 2 aliphatic rings. The van der Waals surface area contributed by atoms with E-state index in [1.54, 1.807) is 4.90 Å². The van der Waals surface area contributed by atoms with Gasteiger partial charge in [0.05, 0.1) is 12.3 Å². The van der Waals surface area contributed by atoms with E-state index in [1.165, 1.54) is 6.92 Å². The van der Waals surface area contributed by atoms with Crippen LogP contribution >= 0.6 is 0 Å². The molecule has 12 nitrogen and oxygen atoms in total. The van der Waals surface area contributed by atoms with Crippen LogP contribution in [0.3, 0.4) is 0 Å². The minimum Gasteiger partial charge on any atom is -0.481 e. The van der Waals surface area contributed by atoms with Gasteiger partial charge in [-0.05, 0) is 51.1 Å². The highest BCUT2D eigenvalue weighted by Gasteiger charge is 2.30. The van der Waals surface area contributed by atoms with E-state index in [-0.39, 0.29) is 34.2 Å². The first-order chi connectivity index (χ1) is 13.3. The molecule has 0 aliphatic carbocycles. The third-order valence-electron chi connectivity index (χ3n) is 5.44. The fourth-order valence-electron chi connectivity index (χ4n) is 3.92. The van der Waals surface area contributed by atoms with Crippen LogP contribution in [0.5, 0.6) is 0 Å². The van der Waals surface area contributed by atoms with Crippen LogP contribution in [-0.4, -0.2) is 82.5 Å². The molecule has 31 heavy (non-hydrogen) atoms. The summed E-state index contributed by atoms with van der Waals surface area (Å²) in [6, 6.07) is 0. The number of hydrogen-bond donors (Lipinski definition) is 4. The molecule has 2 rings (SSSR count). The number of carbonyl (C=O) groups excluding carboxylic acids is 3. The summed E-state index contributed by atoms with van der Waals surface area (Å²) >= 11 is 0. The first-order valence-corrected chi connectivity index (χ1v) is 10.1. The quantitative estimate of drug-likeness (QED) is 0.294. The zero-order valence-corrected chi connectivity index (χ0v) is 18.0. The Morgan fingerprint density at radius 1 is 1.06 bits per heavy atom. The molecule has 0 aromatic heterocycles. The van der Waals surface area contributed by atoms with Gasteiger partial charge in [0.2, 0.25) is 17.7 Å². The maximum atomic E-state index is 12.6. The second-order valence-corrected chi connectivity index (χ2v) is 7.77. The largest absolute Gasteiger partial charge is 0.481 e. The number of piperidine rings is 2. The Kier molecular flexibility index (Phi) is 15.5. The molecule has 0 radical (unpaired) electrons. The lowest BCUT2D eigenvalue weighted by molar-refractivity contribution is -0.138. The first-order valence-electron chi connectivity index (χ1n) is 10.1. The van der Waals surface area contributed by atoms with Crippen molar-refractivity contribution >= 4 is 23.7 Å². The van der Waals surface area contributed by atoms with E-state index in [9.17, 15) is 19.2 Å². The molecular formula is C19H38N4O8. The van der Waals surface area contributed by atoms with Crippen molar-refractivity contribution in [3.8, 4) is 0 Å². The number of hydrogen-bond acceptors (Lipinski definition) is 5. The van der Waals surface area contributed by atoms with E-state index in [2.05, 4.69) is 16.0 Å². The Morgan fingerprint density at radius 2 is 1.71 bits per heavy atom. The average molecular weight is 451 g/mol. The van der Waals surface area contributed by atoms with Gasteiger partial charge in [0.1, 0.15) is 6.17 Å². The molecule has 0 unspecified atom stereocenters. The first kappa shape index (κ1) is 30.9. The number of nitrogens with one attached hydrogen (secondary N) is 3. The second-order valence-electron chi connectivity index (χ2n) is 7.77. The zero-order valence-electron chi connectivity index (χ0n) is 18.0. The second kappa shape index (κ2) is 15.5. The Balaban J connectivity index is 0.